The van der Waals surface area contributed by atoms with Crippen molar-refractivity contribution in [3.63, 3.8) is 0 Å². The van der Waals surface area contributed by atoms with E-state index in [-0.39, 0.29) is 30.0 Å². The number of halogens is 1. The smallest absolute Gasteiger partial charge is 0.229 e. The largest absolute Gasteiger partial charge is 0.497 e. The monoisotopic (exact) mass is 400 g/mol. The highest BCUT2D eigenvalue weighted by Gasteiger charge is 2.34. The van der Waals surface area contributed by atoms with E-state index >= 15 is 0 Å². The fourth-order valence-corrected chi connectivity index (χ4v) is 3.24. The summed E-state index contributed by atoms with van der Waals surface area (Å²) in [6.45, 7) is 4.43. The Balaban J connectivity index is 1.65. The van der Waals surface area contributed by atoms with Crippen LogP contribution < -0.4 is 14.8 Å². The molecular weight excluding hydrogens is 375 g/mol. The molecule has 6 nitrogen and oxygen atoms in total. The molecule has 7 heteroatoms. The van der Waals surface area contributed by atoms with Crippen LogP contribution in [-0.2, 0) is 16.1 Å². The maximum absolute atomic E-state index is 13.7. The van der Waals surface area contributed by atoms with E-state index in [9.17, 15) is 14.0 Å². The summed E-state index contributed by atoms with van der Waals surface area (Å²) in [5.74, 6) is -0.243. The normalized spacial score (nSPS) is 16.2. The lowest BCUT2D eigenvalue weighted by molar-refractivity contribution is -0.128. The van der Waals surface area contributed by atoms with Crippen LogP contribution in [-0.4, -0.2) is 36.5 Å². The van der Waals surface area contributed by atoms with Crippen molar-refractivity contribution in [3.8, 4) is 11.5 Å². The second-order valence-corrected chi connectivity index (χ2v) is 7.32. The van der Waals surface area contributed by atoms with E-state index in [1.807, 2.05) is 38.1 Å². The second-order valence-electron chi connectivity index (χ2n) is 7.32. The number of carbonyl (C=O) groups is 2. The number of hydrogen-bond donors (Lipinski definition) is 1. The average Bonchev–Trinajstić information content (AvgIpc) is 3.05. The number of nitrogens with one attached hydrogen (secondary N) is 1. The van der Waals surface area contributed by atoms with Gasteiger partial charge in [0, 0.05) is 25.6 Å². The quantitative estimate of drug-likeness (QED) is 0.771. The van der Waals surface area contributed by atoms with E-state index in [1.54, 1.807) is 12.0 Å². The van der Waals surface area contributed by atoms with E-state index in [0.29, 0.717) is 18.8 Å². The summed E-state index contributed by atoms with van der Waals surface area (Å²) >= 11 is 0. The average molecular weight is 400 g/mol. The number of likely N-dealkylation sites (tertiary alicyclic amines) is 1. The molecule has 1 heterocycles. The predicted molar refractivity (Wildman–Crippen MR) is 107 cm³/mol. The van der Waals surface area contributed by atoms with E-state index < -0.39 is 11.7 Å². The molecule has 1 atom stereocenters. The lowest BCUT2D eigenvalue weighted by Crippen LogP contribution is -2.28. The second kappa shape index (κ2) is 8.94. The third kappa shape index (κ3) is 5.25. The molecule has 2 amide bonds. The van der Waals surface area contributed by atoms with Gasteiger partial charge in [0.25, 0.3) is 0 Å². The molecule has 1 N–H and O–H groups in total. The van der Waals surface area contributed by atoms with Crippen LogP contribution in [0.15, 0.2) is 42.5 Å². The Morgan fingerprint density at radius 1 is 1.24 bits per heavy atom. The standard InChI is InChI=1S/C22H25FN2O4/c1-14(2)29-20-9-6-17(23)11-19(20)24-22(27)16-10-21(26)25(13-16)12-15-4-7-18(28-3)8-5-15/h4-9,11,14,16H,10,12-13H2,1-3H3,(H,24,27). The van der Waals surface area contributed by atoms with Gasteiger partial charge in [0.1, 0.15) is 17.3 Å². The molecule has 29 heavy (non-hydrogen) atoms. The van der Waals surface area contributed by atoms with Crippen molar-refractivity contribution >= 4 is 17.5 Å². The van der Waals surface area contributed by atoms with Crippen LogP contribution in [0.1, 0.15) is 25.8 Å². The van der Waals surface area contributed by atoms with Gasteiger partial charge < -0.3 is 19.7 Å². The number of ether oxygens (including phenoxy) is 2. The highest BCUT2D eigenvalue weighted by Crippen LogP contribution is 2.29. The number of nitrogens with zero attached hydrogens (tertiary/aromatic N) is 1. The number of benzene rings is 2. The minimum atomic E-state index is -0.504. The Hall–Kier alpha value is -3.09. The van der Waals surface area contributed by atoms with Crippen LogP contribution >= 0.6 is 0 Å². The lowest BCUT2D eigenvalue weighted by atomic mass is 10.1. The van der Waals surface area contributed by atoms with Crippen molar-refractivity contribution in [1.82, 2.24) is 4.90 Å². The summed E-state index contributed by atoms with van der Waals surface area (Å²) in [6, 6.07) is 11.4. The molecule has 1 unspecified atom stereocenters. The molecule has 0 saturated carbocycles. The van der Waals surface area contributed by atoms with Crippen LogP contribution in [0.3, 0.4) is 0 Å². The molecule has 1 fully saturated rings. The summed E-state index contributed by atoms with van der Waals surface area (Å²) in [4.78, 5) is 26.7. The van der Waals surface area contributed by atoms with Crippen molar-refractivity contribution in [2.45, 2.75) is 32.9 Å². The van der Waals surface area contributed by atoms with Crippen molar-refractivity contribution < 1.29 is 23.5 Å². The zero-order valence-electron chi connectivity index (χ0n) is 16.8. The van der Waals surface area contributed by atoms with Crippen molar-refractivity contribution in [2.24, 2.45) is 5.92 Å². The Morgan fingerprint density at radius 2 is 1.97 bits per heavy atom. The molecule has 3 rings (SSSR count). The van der Waals surface area contributed by atoms with Crippen molar-refractivity contribution in [2.75, 3.05) is 19.0 Å². The SMILES string of the molecule is COc1ccc(CN2CC(C(=O)Nc3cc(F)ccc3OC(C)C)CC2=O)cc1. The van der Waals surface area contributed by atoms with Gasteiger partial charge in [-0.3, -0.25) is 9.59 Å². The molecule has 1 saturated heterocycles. The molecule has 0 radical (unpaired) electrons. The fraction of sp³-hybridized carbons (Fsp3) is 0.364. The van der Waals surface area contributed by atoms with Crippen LogP contribution in [0, 0.1) is 11.7 Å². The number of anilines is 1. The Kier molecular flexibility index (Phi) is 6.36. The molecule has 1 aliphatic heterocycles. The third-order valence-corrected chi connectivity index (χ3v) is 4.68. The minimum absolute atomic E-state index is 0.0844. The topological polar surface area (TPSA) is 67.9 Å². The van der Waals surface area contributed by atoms with Gasteiger partial charge in [-0.25, -0.2) is 4.39 Å². The van der Waals surface area contributed by atoms with Gasteiger partial charge in [-0.1, -0.05) is 12.1 Å². The van der Waals surface area contributed by atoms with E-state index in [0.717, 1.165) is 11.3 Å². The first kappa shape index (κ1) is 20.6. The van der Waals surface area contributed by atoms with E-state index in [2.05, 4.69) is 5.32 Å². The zero-order valence-corrected chi connectivity index (χ0v) is 16.8. The lowest BCUT2D eigenvalue weighted by Gasteiger charge is -2.18. The maximum Gasteiger partial charge on any atom is 0.229 e. The molecule has 0 spiro atoms. The first-order valence-corrected chi connectivity index (χ1v) is 9.53. The Bertz CT molecular complexity index is 883. The Labute approximate surface area is 169 Å². The molecule has 0 aromatic heterocycles. The van der Waals surface area contributed by atoms with Gasteiger partial charge in [-0.15, -0.1) is 0 Å². The van der Waals surface area contributed by atoms with Crippen LogP contribution in [0.4, 0.5) is 10.1 Å². The molecule has 154 valence electrons. The number of amides is 2. The summed E-state index contributed by atoms with van der Waals surface area (Å²) in [5.41, 5.74) is 1.22. The summed E-state index contributed by atoms with van der Waals surface area (Å²) in [6.07, 6.45) is 0.00154. The predicted octanol–water partition coefficient (Wildman–Crippen LogP) is 3.61. The maximum atomic E-state index is 13.7. The summed E-state index contributed by atoms with van der Waals surface area (Å²) < 4.78 is 24.4. The van der Waals surface area contributed by atoms with E-state index in [4.69, 9.17) is 9.47 Å². The number of methoxy groups -OCH3 is 1. The number of rotatable bonds is 7. The van der Waals surface area contributed by atoms with Crippen LogP contribution in [0.2, 0.25) is 0 Å². The van der Waals surface area contributed by atoms with Gasteiger partial charge in [0.2, 0.25) is 11.8 Å². The van der Waals surface area contributed by atoms with Gasteiger partial charge in [-0.05, 0) is 43.7 Å². The van der Waals surface area contributed by atoms with E-state index in [1.165, 1.54) is 18.2 Å². The van der Waals surface area contributed by atoms with Gasteiger partial charge >= 0.3 is 0 Å². The van der Waals surface area contributed by atoms with Crippen LogP contribution in [0.25, 0.3) is 0 Å². The number of hydrogen-bond acceptors (Lipinski definition) is 4. The third-order valence-electron chi connectivity index (χ3n) is 4.68. The van der Waals surface area contributed by atoms with Crippen molar-refractivity contribution in [3.05, 3.63) is 53.8 Å². The molecule has 0 bridgehead atoms. The summed E-state index contributed by atoms with van der Waals surface area (Å²) in [5, 5.41) is 2.72. The minimum Gasteiger partial charge on any atom is -0.497 e. The summed E-state index contributed by atoms with van der Waals surface area (Å²) in [7, 11) is 1.60. The molecular formula is C22H25FN2O4. The van der Waals surface area contributed by atoms with Crippen LogP contribution in [0.5, 0.6) is 11.5 Å². The highest BCUT2D eigenvalue weighted by atomic mass is 19.1. The molecule has 2 aromatic rings. The van der Waals surface area contributed by atoms with Gasteiger partial charge in [0.05, 0.1) is 24.8 Å². The Morgan fingerprint density at radius 3 is 2.62 bits per heavy atom. The molecule has 2 aromatic carbocycles. The van der Waals surface area contributed by atoms with Crippen molar-refractivity contribution in [1.29, 1.82) is 0 Å². The first-order valence-electron chi connectivity index (χ1n) is 9.53. The zero-order chi connectivity index (χ0) is 21.0. The van der Waals surface area contributed by atoms with Gasteiger partial charge in [0.15, 0.2) is 0 Å². The first-order chi connectivity index (χ1) is 13.9. The van der Waals surface area contributed by atoms with Gasteiger partial charge in [-0.2, -0.15) is 0 Å². The number of carbonyl (C=O) groups excluding carboxylic acids is 2. The molecule has 0 aliphatic carbocycles. The molecule has 1 aliphatic rings. The highest BCUT2D eigenvalue weighted by molar-refractivity contribution is 5.98. The fourth-order valence-electron chi connectivity index (χ4n) is 3.24.